The van der Waals surface area contributed by atoms with E-state index in [2.05, 4.69) is 20.4 Å². The lowest BCUT2D eigenvalue weighted by molar-refractivity contribution is -0.113. The highest BCUT2D eigenvalue weighted by Crippen LogP contribution is 2.24. The summed E-state index contributed by atoms with van der Waals surface area (Å²) >= 11 is 1.34. The fraction of sp³-hybridized carbons (Fsp3) is 0.304. The van der Waals surface area contributed by atoms with E-state index in [1.165, 1.54) is 31.5 Å². The van der Waals surface area contributed by atoms with Crippen LogP contribution in [0.25, 0.3) is 5.69 Å². The van der Waals surface area contributed by atoms with Crippen molar-refractivity contribution in [1.82, 2.24) is 19.7 Å². The normalized spacial score (nSPS) is 14.0. The maximum Gasteiger partial charge on any atom is 0.234 e. The van der Waals surface area contributed by atoms with Crippen molar-refractivity contribution in [1.29, 1.82) is 0 Å². The molecule has 1 aliphatic heterocycles. The molecule has 1 fully saturated rings. The molecule has 0 saturated carbocycles. The molecule has 1 aliphatic rings. The van der Waals surface area contributed by atoms with Crippen molar-refractivity contribution in [3.05, 3.63) is 66.0 Å². The highest BCUT2D eigenvalue weighted by molar-refractivity contribution is 7.99. The lowest BCUT2D eigenvalue weighted by Gasteiger charge is -2.16. The molecule has 0 atom stereocenters. The van der Waals surface area contributed by atoms with Gasteiger partial charge in [-0.15, -0.1) is 10.2 Å². The zero-order valence-electron chi connectivity index (χ0n) is 17.5. The maximum absolute atomic E-state index is 12.6. The average molecular weight is 436 g/mol. The highest BCUT2D eigenvalue weighted by Gasteiger charge is 2.20. The van der Waals surface area contributed by atoms with Gasteiger partial charge in [-0.1, -0.05) is 42.1 Å². The quantitative estimate of drug-likeness (QED) is 0.428. The second-order valence-electron chi connectivity index (χ2n) is 7.49. The molecule has 0 unspecified atom stereocenters. The van der Waals surface area contributed by atoms with Gasteiger partial charge in [0.1, 0.15) is 0 Å². The second kappa shape index (κ2) is 9.89. The maximum atomic E-state index is 12.6. The average Bonchev–Trinajstić information content (AvgIpc) is 3.43. The van der Waals surface area contributed by atoms with Gasteiger partial charge in [0.15, 0.2) is 16.8 Å². The largest absolute Gasteiger partial charge is 0.325 e. The van der Waals surface area contributed by atoms with Gasteiger partial charge in [0, 0.05) is 11.3 Å². The van der Waals surface area contributed by atoms with Gasteiger partial charge in [-0.05, 0) is 57.1 Å². The SMILES string of the molecule is CC(=O)c1ccccc1NC(=O)CSc1nnc(CN2CCCC2)n1-c1ccccc1. The number of aromatic nitrogens is 3. The monoisotopic (exact) mass is 435 g/mol. The summed E-state index contributed by atoms with van der Waals surface area (Å²) in [6, 6.07) is 17.0. The smallest absolute Gasteiger partial charge is 0.234 e. The highest BCUT2D eigenvalue weighted by atomic mass is 32.2. The van der Waals surface area contributed by atoms with Crippen LogP contribution in [-0.4, -0.2) is 50.2 Å². The number of ketones is 1. The number of nitrogens with one attached hydrogen (secondary N) is 1. The molecule has 4 rings (SSSR count). The third kappa shape index (κ3) is 5.21. The minimum Gasteiger partial charge on any atom is -0.325 e. The fourth-order valence-electron chi connectivity index (χ4n) is 3.69. The number of Topliss-reactive ketones (excluding diaryl/α,β-unsaturated/α-hetero) is 1. The summed E-state index contributed by atoms with van der Waals surface area (Å²) in [7, 11) is 0. The Morgan fingerprint density at radius 2 is 1.71 bits per heavy atom. The molecular formula is C23H25N5O2S. The Kier molecular flexibility index (Phi) is 6.79. The number of carbonyl (C=O) groups is 2. The van der Waals surface area contributed by atoms with E-state index in [0.29, 0.717) is 16.4 Å². The van der Waals surface area contributed by atoms with Gasteiger partial charge in [0.2, 0.25) is 5.91 Å². The number of benzene rings is 2. The zero-order valence-corrected chi connectivity index (χ0v) is 18.3. The number of likely N-dealkylation sites (tertiary alicyclic amines) is 1. The number of amides is 1. The van der Waals surface area contributed by atoms with Crippen molar-refractivity contribution < 1.29 is 9.59 Å². The Morgan fingerprint density at radius 3 is 2.45 bits per heavy atom. The summed E-state index contributed by atoms with van der Waals surface area (Å²) in [4.78, 5) is 26.8. The van der Waals surface area contributed by atoms with Crippen molar-refractivity contribution in [2.45, 2.75) is 31.5 Å². The zero-order chi connectivity index (χ0) is 21.6. The Labute approximate surface area is 185 Å². The van der Waals surface area contributed by atoms with E-state index >= 15 is 0 Å². The van der Waals surface area contributed by atoms with E-state index < -0.39 is 0 Å². The number of thioether (sulfide) groups is 1. The molecule has 8 heteroatoms. The number of carbonyl (C=O) groups excluding carboxylic acids is 2. The predicted molar refractivity (Wildman–Crippen MR) is 122 cm³/mol. The van der Waals surface area contributed by atoms with Gasteiger partial charge >= 0.3 is 0 Å². The van der Waals surface area contributed by atoms with E-state index in [1.54, 1.807) is 24.3 Å². The van der Waals surface area contributed by atoms with Crippen molar-refractivity contribution >= 4 is 29.1 Å². The van der Waals surface area contributed by atoms with Crippen LogP contribution < -0.4 is 5.32 Å². The number of nitrogens with zero attached hydrogens (tertiary/aromatic N) is 4. The van der Waals surface area contributed by atoms with Crippen LogP contribution in [0.2, 0.25) is 0 Å². The third-order valence-corrected chi connectivity index (χ3v) is 6.12. The molecule has 0 spiro atoms. The molecule has 1 aromatic heterocycles. The van der Waals surface area contributed by atoms with Crippen molar-refractivity contribution in [3.63, 3.8) is 0 Å². The molecule has 1 N–H and O–H groups in total. The van der Waals surface area contributed by atoms with Crippen LogP contribution in [0.4, 0.5) is 5.69 Å². The van der Waals surface area contributed by atoms with Gasteiger partial charge in [-0.2, -0.15) is 0 Å². The van der Waals surface area contributed by atoms with E-state index in [4.69, 9.17) is 0 Å². The lowest BCUT2D eigenvalue weighted by Crippen LogP contribution is -2.21. The first-order valence-corrected chi connectivity index (χ1v) is 11.3. The molecule has 7 nitrogen and oxygen atoms in total. The first-order chi connectivity index (χ1) is 15.1. The van der Waals surface area contributed by atoms with Crippen LogP contribution in [0, 0.1) is 0 Å². The molecule has 0 radical (unpaired) electrons. The Bertz CT molecular complexity index is 1060. The molecule has 160 valence electrons. The lowest BCUT2D eigenvalue weighted by atomic mass is 10.1. The fourth-order valence-corrected chi connectivity index (χ4v) is 4.46. The Balaban J connectivity index is 1.50. The number of anilines is 1. The van der Waals surface area contributed by atoms with Crippen molar-refractivity contribution in [2.24, 2.45) is 0 Å². The summed E-state index contributed by atoms with van der Waals surface area (Å²) < 4.78 is 2.03. The predicted octanol–water partition coefficient (Wildman–Crippen LogP) is 3.80. The summed E-state index contributed by atoms with van der Waals surface area (Å²) in [5.41, 5.74) is 2.01. The van der Waals surface area contributed by atoms with Crippen LogP contribution in [0.3, 0.4) is 0 Å². The summed E-state index contributed by atoms with van der Waals surface area (Å²) in [5.74, 6) is 0.764. The van der Waals surface area contributed by atoms with Crippen LogP contribution in [0.1, 0.15) is 35.9 Å². The molecule has 3 aromatic rings. The summed E-state index contributed by atoms with van der Waals surface area (Å²) in [5, 5.41) is 12.3. The van der Waals surface area contributed by atoms with Gasteiger partial charge in [0.05, 0.1) is 18.0 Å². The van der Waals surface area contributed by atoms with Crippen molar-refractivity contribution in [2.75, 3.05) is 24.2 Å². The molecule has 2 aromatic carbocycles. The molecular weight excluding hydrogens is 410 g/mol. The number of hydrogen-bond donors (Lipinski definition) is 1. The van der Waals surface area contributed by atoms with Crippen LogP contribution >= 0.6 is 11.8 Å². The number of hydrogen-bond acceptors (Lipinski definition) is 6. The number of para-hydroxylation sites is 2. The Morgan fingerprint density at radius 1 is 1.00 bits per heavy atom. The third-order valence-electron chi connectivity index (χ3n) is 5.19. The topological polar surface area (TPSA) is 80.1 Å². The van der Waals surface area contributed by atoms with Gasteiger partial charge < -0.3 is 5.32 Å². The van der Waals surface area contributed by atoms with E-state index in [9.17, 15) is 9.59 Å². The minimum atomic E-state index is -0.192. The molecule has 31 heavy (non-hydrogen) atoms. The standard InChI is InChI=1S/C23H25N5O2S/c1-17(29)19-11-5-6-12-20(19)24-22(30)16-31-23-26-25-21(15-27-13-7-8-14-27)28(23)18-9-3-2-4-10-18/h2-6,9-12H,7-8,13-16H2,1H3,(H,24,30). The first-order valence-electron chi connectivity index (χ1n) is 10.4. The Hall–Kier alpha value is -2.97. The van der Waals surface area contributed by atoms with Crippen LogP contribution in [-0.2, 0) is 11.3 Å². The van der Waals surface area contributed by atoms with Gasteiger partial charge in [-0.3, -0.25) is 19.1 Å². The van der Waals surface area contributed by atoms with Gasteiger partial charge in [0.25, 0.3) is 0 Å². The first kappa shape index (κ1) is 21.3. The van der Waals surface area contributed by atoms with Gasteiger partial charge in [-0.25, -0.2) is 0 Å². The molecule has 1 saturated heterocycles. The van der Waals surface area contributed by atoms with E-state index in [1.807, 2.05) is 34.9 Å². The summed E-state index contributed by atoms with van der Waals surface area (Å²) in [6.07, 6.45) is 2.42. The van der Waals surface area contributed by atoms with E-state index in [-0.39, 0.29) is 17.4 Å². The molecule has 2 heterocycles. The summed E-state index contributed by atoms with van der Waals surface area (Å²) in [6.45, 7) is 4.37. The van der Waals surface area contributed by atoms with Crippen LogP contribution in [0.15, 0.2) is 59.8 Å². The van der Waals surface area contributed by atoms with Crippen molar-refractivity contribution in [3.8, 4) is 5.69 Å². The minimum absolute atomic E-state index is 0.0843. The molecule has 0 bridgehead atoms. The van der Waals surface area contributed by atoms with E-state index in [0.717, 1.165) is 31.1 Å². The van der Waals surface area contributed by atoms with Crippen LogP contribution in [0.5, 0.6) is 0 Å². The molecule has 0 aliphatic carbocycles. The second-order valence-corrected chi connectivity index (χ2v) is 8.43. The molecule has 1 amide bonds. The number of rotatable bonds is 8.